The van der Waals surface area contributed by atoms with Crippen LogP contribution in [0.4, 0.5) is 0 Å². The van der Waals surface area contributed by atoms with Crippen molar-refractivity contribution in [1.29, 1.82) is 0 Å². The molecule has 0 radical (unpaired) electrons. The maximum Gasteiger partial charge on any atom is 0.0571 e. The second kappa shape index (κ2) is 5.13. The molecule has 1 aliphatic rings. The van der Waals surface area contributed by atoms with Crippen LogP contribution in [0.5, 0.6) is 0 Å². The van der Waals surface area contributed by atoms with Gasteiger partial charge >= 0.3 is 0 Å². The Morgan fingerprint density at radius 2 is 2.07 bits per heavy atom. The first-order valence-corrected chi connectivity index (χ1v) is 6.47. The highest BCUT2D eigenvalue weighted by atomic mass is 79.9. The summed E-state index contributed by atoms with van der Waals surface area (Å²) in [4.78, 5) is 0. The fraction of sp³-hybridized carbons (Fsp3) is 0.538. The second-order valence-electron chi connectivity index (χ2n) is 4.45. The van der Waals surface area contributed by atoms with E-state index in [1.165, 1.54) is 24.8 Å². The maximum absolute atomic E-state index is 9.89. The van der Waals surface area contributed by atoms with E-state index in [1.807, 2.05) is 6.07 Å². The summed E-state index contributed by atoms with van der Waals surface area (Å²) < 4.78 is 1.13. The highest BCUT2D eigenvalue weighted by Crippen LogP contribution is 2.28. The first-order chi connectivity index (χ1) is 7.25. The molecule has 1 nitrogen and oxygen atoms in total. The largest absolute Gasteiger partial charge is 0.393 e. The van der Waals surface area contributed by atoms with Gasteiger partial charge in [-0.3, -0.25) is 0 Å². The Bertz CT molecular complexity index is 324. The van der Waals surface area contributed by atoms with Gasteiger partial charge in [0.1, 0.15) is 0 Å². The average molecular weight is 269 g/mol. The van der Waals surface area contributed by atoms with E-state index in [4.69, 9.17) is 0 Å². The van der Waals surface area contributed by atoms with E-state index in [0.717, 1.165) is 17.3 Å². The Hall–Kier alpha value is -0.340. The molecule has 2 heteroatoms. The molecule has 1 aromatic carbocycles. The Morgan fingerprint density at radius 3 is 2.80 bits per heavy atom. The van der Waals surface area contributed by atoms with Crippen molar-refractivity contribution in [1.82, 2.24) is 0 Å². The summed E-state index contributed by atoms with van der Waals surface area (Å²) in [5, 5.41) is 9.89. The molecule has 1 saturated carbocycles. The Labute approximate surface area is 99.6 Å². The van der Waals surface area contributed by atoms with Crippen LogP contribution < -0.4 is 0 Å². The van der Waals surface area contributed by atoms with Gasteiger partial charge in [-0.1, -0.05) is 40.9 Å². The molecule has 2 rings (SSSR count). The van der Waals surface area contributed by atoms with E-state index in [0.29, 0.717) is 5.92 Å². The van der Waals surface area contributed by atoms with Crippen LogP contribution >= 0.6 is 15.9 Å². The summed E-state index contributed by atoms with van der Waals surface area (Å²) in [6.07, 6.45) is 5.55. The molecule has 15 heavy (non-hydrogen) atoms. The zero-order valence-corrected chi connectivity index (χ0v) is 10.4. The Balaban J connectivity index is 2.01. The molecule has 0 saturated heterocycles. The van der Waals surface area contributed by atoms with Crippen molar-refractivity contribution in [2.45, 2.75) is 38.2 Å². The number of benzene rings is 1. The third-order valence-corrected chi connectivity index (χ3v) is 3.75. The topological polar surface area (TPSA) is 20.2 Å². The molecular weight excluding hydrogens is 252 g/mol. The molecule has 82 valence electrons. The standard InChI is InChI=1S/C13H17BrO/c14-12-6-3-4-10(9-12)8-11-5-1-2-7-13(11)15/h3-4,6,9,11,13,15H,1-2,5,7-8H2. The molecule has 2 atom stereocenters. The third kappa shape index (κ3) is 3.05. The van der Waals surface area contributed by atoms with Crippen LogP contribution in [0.15, 0.2) is 28.7 Å². The first-order valence-electron chi connectivity index (χ1n) is 5.68. The monoisotopic (exact) mass is 268 g/mol. The minimum Gasteiger partial charge on any atom is -0.393 e. The molecule has 2 unspecified atom stereocenters. The second-order valence-corrected chi connectivity index (χ2v) is 5.36. The van der Waals surface area contributed by atoms with E-state index in [-0.39, 0.29) is 6.10 Å². The van der Waals surface area contributed by atoms with Gasteiger partial charge in [-0.05, 0) is 42.9 Å². The fourth-order valence-corrected chi connectivity index (χ4v) is 2.84. The Kier molecular flexibility index (Phi) is 3.81. The maximum atomic E-state index is 9.89. The number of aliphatic hydroxyl groups is 1. The molecular formula is C13H17BrO. The number of hydrogen-bond donors (Lipinski definition) is 1. The van der Waals surface area contributed by atoms with Crippen LogP contribution in [0.2, 0.25) is 0 Å². The average Bonchev–Trinajstić information content (AvgIpc) is 2.22. The lowest BCUT2D eigenvalue weighted by Gasteiger charge is -2.27. The lowest BCUT2D eigenvalue weighted by molar-refractivity contribution is 0.0700. The molecule has 0 spiro atoms. The lowest BCUT2D eigenvalue weighted by atomic mass is 9.82. The van der Waals surface area contributed by atoms with E-state index in [2.05, 4.69) is 34.1 Å². The van der Waals surface area contributed by atoms with Gasteiger partial charge in [0.25, 0.3) is 0 Å². The summed E-state index contributed by atoms with van der Waals surface area (Å²) in [5.41, 5.74) is 1.33. The lowest BCUT2D eigenvalue weighted by Crippen LogP contribution is -2.26. The molecule has 1 aliphatic carbocycles. The predicted molar refractivity (Wildman–Crippen MR) is 65.8 cm³/mol. The van der Waals surface area contributed by atoms with Crippen molar-refractivity contribution in [3.63, 3.8) is 0 Å². The smallest absolute Gasteiger partial charge is 0.0571 e. The summed E-state index contributed by atoms with van der Waals surface area (Å²) in [5.74, 6) is 0.466. The molecule has 0 heterocycles. The van der Waals surface area contributed by atoms with Gasteiger partial charge in [0, 0.05) is 4.47 Å². The van der Waals surface area contributed by atoms with E-state index in [9.17, 15) is 5.11 Å². The highest BCUT2D eigenvalue weighted by Gasteiger charge is 2.22. The van der Waals surface area contributed by atoms with Crippen molar-refractivity contribution >= 4 is 15.9 Å². The van der Waals surface area contributed by atoms with Crippen LogP contribution in [0.3, 0.4) is 0 Å². The zero-order chi connectivity index (χ0) is 10.7. The minimum absolute atomic E-state index is 0.0854. The number of rotatable bonds is 2. The molecule has 1 fully saturated rings. The van der Waals surface area contributed by atoms with Crippen LogP contribution in [0.25, 0.3) is 0 Å². The summed E-state index contributed by atoms with van der Waals surface area (Å²) >= 11 is 3.48. The fourth-order valence-electron chi connectivity index (χ4n) is 2.39. The normalized spacial score (nSPS) is 26.5. The molecule has 1 N–H and O–H groups in total. The van der Waals surface area contributed by atoms with Crippen molar-refractivity contribution in [2.75, 3.05) is 0 Å². The van der Waals surface area contributed by atoms with Gasteiger partial charge < -0.3 is 5.11 Å². The van der Waals surface area contributed by atoms with E-state index < -0.39 is 0 Å². The molecule has 0 amide bonds. The van der Waals surface area contributed by atoms with Gasteiger partial charge in [-0.25, -0.2) is 0 Å². The molecule has 0 aromatic heterocycles. The van der Waals surface area contributed by atoms with E-state index >= 15 is 0 Å². The van der Waals surface area contributed by atoms with Crippen LogP contribution in [-0.4, -0.2) is 11.2 Å². The van der Waals surface area contributed by atoms with Crippen molar-refractivity contribution < 1.29 is 5.11 Å². The summed E-state index contributed by atoms with van der Waals surface area (Å²) in [7, 11) is 0. The quantitative estimate of drug-likeness (QED) is 0.870. The highest BCUT2D eigenvalue weighted by molar-refractivity contribution is 9.10. The van der Waals surface area contributed by atoms with Crippen molar-refractivity contribution in [3.05, 3.63) is 34.3 Å². The molecule has 0 aliphatic heterocycles. The SMILES string of the molecule is OC1CCCCC1Cc1cccc(Br)c1. The minimum atomic E-state index is -0.0854. The van der Waals surface area contributed by atoms with Gasteiger partial charge in [-0.2, -0.15) is 0 Å². The number of aliphatic hydroxyl groups excluding tert-OH is 1. The van der Waals surface area contributed by atoms with Crippen LogP contribution in [-0.2, 0) is 6.42 Å². The van der Waals surface area contributed by atoms with Gasteiger partial charge in [0.05, 0.1) is 6.10 Å². The molecule has 0 bridgehead atoms. The third-order valence-electron chi connectivity index (χ3n) is 3.26. The van der Waals surface area contributed by atoms with Gasteiger partial charge in [0.15, 0.2) is 0 Å². The Morgan fingerprint density at radius 1 is 1.27 bits per heavy atom. The van der Waals surface area contributed by atoms with Crippen LogP contribution in [0, 0.1) is 5.92 Å². The molecule has 1 aromatic rings. The number of halogens is 1. The van der Waals surface area contributed by atoms with Gasteiger partial charge in [0.2, 0.25) is 0 Å². The first kappa shape index (κ1) is 11.2. The summed E-state index contributed by atoms with van der Waals surface area (Å²) in [6.45, 7) is 0. The summed E-state index contributed by atoms with van der Waals surface area (Å²) in [6, 6.07) is 8.41. The van der Waals surface area contributed by atoms with Crippen LogP contribution in [0.1, 0.15) is 31.2 Å². The van der Waals surface area contributed by atoms with Crippen molar-refractivity contribution in [3.8, 4) is 0 Å². The van der Waals surface area contributed by atoms with E-state index in [1.54, 1.807) is 0 Å². The van der Waals surface area contributed by atoms with Gasteiger partial charge in [-0.15, -0.1) is 0 Å². The van der Waals surface area contributed by atoms with Crippen molar-refractivity contribution in [2.24, 2.45) is 5.92 Å². The predicted octanol–water partition coefficient (Wildman–Crippen LogP) is 3.54. The number of hydrogen-bond acceptors (Lipinski definition) is 1. The zero-order valence-electron chi connectivity index (χ0n) is 8.82.